The maximum atomic E-state index is 11.9. The molecule has 1 aromatic rings. The van der Waals surface area contributed by atoms with E-state index in [1.54, 1.807) is 0 Å². The van der Waals surface area contributed by atoms with Gasteiger partial charge in [0.2, 0.25) is 0 Å². The molecule has 1 aromatic carbocycles. The van der Waals surface area contributed by atoms with Gasteiger partial charge in [0.05, 0.1) is 7.11 Å². The third kappa shape index (κ3) is 2.99. The standard InChI is InChI=1S/C8H7F2N3O2/c1-14-7-4-5(12-13-11)2-3-6(7)15-8(9)10/h2-4,8H,1H3. The van der Waals surface area contributed by atoms with Crippen LogP contribution in [0.3, 0.4) is 0 Å². The quantitative estimate of drug-likeness (QED) is 0.439. The highest BCUT2D eigenvalue weighted by molar-refractivity contribution is 5.51. The number of nitrogens with zero attached hydrogens (tertiary/aromatic N) is 3. The Balaban J connectivity index is 3.03. The summed E-state index contributed by atoms with van der Waals surface area (Å²) in [6, 6.07) is 3.90. The van der Waals surface area contributed by atoms with Crippen LogP contribution in [0.1, 0.15) is 0 Å². The summed E-state index contributed by atoms with van der Waals surface area (Å²) in [5, 5.41) is 3.29. The van der Waals surface area contributed by atoms with Crippen molar-refractivity contribution in [3.8, 4) is 11.5 Å². The maximum absolute atomic E-state index is 11.9. The molecule has 0 heterocycles. The summed E-state index contributed by atoms with van der Waals surface area (Å²) in [5.41, 5.74) is 8.42. The fraction of sp³-hybridized carbons (Fsp3) is 0.250. The van der Waals surface area contributed by atoms with E-state index in [2.05, 4.69) is 14.8 Å². The number of rotatable bonds is 4. The summed E-state index contributed by atoms with van der Waals surface area (Å²) in [7, 11) is 1.30. The van der Waals surface area contributed by atoms with E-state index in [0.717, 1.165) is 0 Å². The van der Waals surface area contributed by atoms with Crippen LogP contribution < -0.4 is 9.47 Å². The molecule has 0 aliphatic carbocycles. The van der Waals surface area contributed by atoms with Crippen molar-refractivity contribution in [3.63, 3.8) is 0 Å². The Morgan fingerprint density at radius 3 is 2.67 bits per heavy atom. The fourth-order valence-electron chi connectivity index (χ4n) is 0.963. The molecule has 0 saturated carbocycles. The van der Waals surface area contributed by atoms with Gasteiger partial charge in [0.25, 0.3) is 0 Å². The summed E-state index contributed by atoms with van der Waals surface area (Å²) in [6.07, 6.45) is 0. The molecule has 0 fully saturated rings. The largest absolute Gasteiger partial charge is 0.493 e. The highest BCUT2D eigenvalue weighted by atomic mass is 19.3. The van der Waals surface area contributed by atoms with Gasteiger partial charge in [0, 0.05) is 10.6 Å². The van der Waals surface area contributed by atoms with Gasteiger partial charge in [-0.15, -0.1) is 0 Å². The molecule has 7 heteroatoms. The molecule has 0 unspecified atom stereocenters. The molecule has 0 aliphatic heterocycles. The third-order valence-electron chi connectivity index (χ3n) is 1.52. The molecular weight excluding hydrogens is 208 g/mol. The lowest BCUT2D eigenvalue weighted by Gasteiger charge is -2.09. The first-order valence-corrected chi connectivity index (χ1v) is 3.85. The normalized spacial score (nSPS) is 9.60. The van der Waals surface area contributed by atoms with Crippen LogP contribution in [0.15, 0.2) is 23.3 Å². The lowest BCUT2D eigenvalue weighted by molar-refractivity contribution is -0.0512. The number of hydrogen-bond acceptors (Lipinski definition) is 3. The minimum atomic E-state index is -2.93. The number of azide groups is 1. The van der Waals surface area contributed by atoms with Crippen LogP contribution in [0.25, 0.3) is 10.4 Å². The lowest BCUT2D eigenvalue weighted by atomic mass is 10.3. The van der Waals surface area contributed by atoms with Crippen molar-refractivity contribution in [2.45, 2.75) is 6.61 Å². The zero-order valence-electron chi connectivity index (χ0n) is 7.72. The molecule has 0 atom stereocenters. The number of hydrogen-bond donors (Lipinski definition) is 0. The molecule has 15 heavy (non-hydrogen) atoms. The van der Waals surface area contributed by atoms with E-state index >= 15 is 0 Å². The first-order chi connectivity index (χ1) is 7.17. The van der Waals surface area contributed by atoms with Gasteiger partial charge in [-0.1, -0.05) is 5.11 Å². The predicted octanol–water partition coefficient (Wildman–Crippen LogP) is 3.24. The Hall–Kier alpha value is -2.01. The van der Waals surface area contributed by atoms with Crippen molar-refractivity contribution in [3.05, 3.63) is 28.6 Å². The molecule has 0 radical (unpaired) electrons. The van der Waals surface area contributed by atoms with E-state index in [0.29, 0.717) is 0 Å². The Morgan fingerprint density at radius 2 is 2.13 bits per heavy atom. The van der Waals surface area contributed by atoms with E-state index in [1.807, 2.05) is 0 Å². The lowest BCUT2D eigenvalue weighted by Crippen LogP contribution is -2.03. The van der Waals surface area contributed by atoms with Crippen molar-refractivity contribution in [2.24, 2.45) is 5.11 Å². The number of ether oxygens (including phenoxy) is 2. The highest BCUT2D eigenvalue weighted by Gasteiger charge is 2.10. The second kappa shape index (κ2) is 5.02. The summed E-state index contributed by atoms with van der Waals surface area (Å²) in [6.45, 7) is -2.93. The SMILES string of the molecule is COc1cc(N=[N+]=[N-])ccc1OC(F)F. The second-order valence-corrected chi connectivity index (χ2v) is 2.40. The van der Waals surface area contributed by atoms with Crippen molar-refractivity contribution in [2.75, 3.05) is 7.11 Å². The van der Waals surface area contributed by atoms with E-state index in [1.165, 1.54) is 25.3 Å². The van der Waals surface area contributed by atoms with Gasteiger partial charge in [0.15, 0.2) is 11.5 Å². The Kier molecular flexibility index (Phi) is 3.70. The average Bonchev–Trinajstić information content (AvgIpc) is 2.20. The van der Waals surface area contributed by atoms with Crippen LogP contribution in [0.4, 0.5) is 14.5 Å². The monoisotopic (exact) mass is 215 g/mol. The van der Waals surface area contributed by atoms with Gasteiger partial charge in [0.1, 0.15) is 0 Å². The fourth-order valence-corrected chi connectivity index (χ4v) is 0.963. The van der Waals surface area contributed by atoms with Gasteiger partial charge in [-0.25, -0.2) is 0 Å². The minimum Gasteiger partial charge on any atom is -0.493 e. The van der Waals surface area contributed by atoms with Gasteiger partial charge in [-0.3, -0.25) is 0 Å². The van der Waals surface area contributed by atoms with Gasteiger partial charge in [-0.05, 0) is 23.7 Å². The molecule has 0 aromatic heterocycles. The Morgan fingerprint density at radius 1 is 1.40 bits per heavy atom. The van der Waals surface area contributed by atoms with Crippen LogP contribution in [0.5, 0.6) is 11.5 Å². The van der Waals surface area contributed by atoms with Crippen molar-refractivity contribution in [1.29, 1.82) is 0 Å². The number of methoxy groups -OCH3 is 1. The van der Waals surface area contributed by atoms with Crippen molar-refractivity contribution < 1.29 is 18.3 Å². The summed E-state index contributed by atoms with van der Waals surface area (Å²) in [4.78, 5) is 2.55. The molecule has 0 aliphatic rings. The van der Waals surface area contributed by atoms with Crippen LogP contribution >= 0.6 is 0 Å². The molecule has 0 N–H and O–H groups in total. The van der Waals surface area contributed by atoms with Crippen molar-refractivity contribution >= 4 is 5.69 Å². The topological polar surface area (TPSA) is 67.2 Å². The first kappa shape index (κ1) is 11.1. The molecule has 0 spiro atoms. The summed E-state index contributed by atoms with van der Waals surface area (Å²) in [5.74, 6) is -0.0235. The zero-order chi connectivity index (χ0) is 11.3. The average molecular weight is 215 g/mol. The van der Waals surface area contributed by atoms with Crippen LogP contribution in [-0.4, -0.2) is 13.7 Å². The van der Waals surface area contributed by atoms with E-state index < -0.39 is 6.61 Å². The van der Waals surface area contributed by atoms with E-state index in [9.17, 15) is 8.78 Å². The first-order valence-electron chi connectivity index (χ1n) is 3.85. The van der Waals surface area contributed by atoms with Crippen LogP contribution in [0, 0.1) is 0 Å². The summed E-state index contributed by atoms with van der Waals surface area (Å²) < 4.78 is 32.8. The predicted molar refractivity (Wildman–Crippen MR) is 48.4 cm³/mol. The Bertz CT molecular complexity index is 391. The van der Waals surface area contributed by atoms with Crippen molar-refractivity contribution in [1.82, 2.24) is 0 Å². The molecule has 0 bridgehead atoms. The zero-order valence-corrected chi connectivity index (χ0v) is 7.72. The van der Waals surface area contributed by atoms with E-state index in [-0.39, 0.29) is 17.2 Å². The van der Waals surface area contributed by atoms with E-state index in [4.69, 9.17) is 10.3 Å². The third-order valence-corrected chi connectivity index (χ3v) is 1.52. The summed E-state index contributed by atoms with van der Waals surface area (Å²) >= 11 is 0. The molecule has 5 nitrogen and oxygen atoms in total. The molecule has 0 amide bonds. The molecular formula is C8H7F2N3O2. The van der Waals surface area contributed by atoms with Crippen LogP contribution in [-0.2, 0) is 0 Å². The number of alkyl halides is 2. The highest BCUT2D eigenvalue weighted by Crippen LogP contribution is 2.32. The minimum absolute atomic E-state index is 0.0835. The second-order valence-electron chi connectivity index (χ2n) is 2.40. The maximum Gasteiger partial charge on any atom is 0.387 e. The Labute approximate surface area is 83.9 Å². The number of benzene rings is 1. The van der Waals surface area contributed by atoms with Gasteiger partial charge in [-0.2, -0.15) is 8.78 Å². The molecule has 0 saturated heterocycles. The van der Waals surface area contributed by atoms with Gasteiger partial charge < -0.3 is 9.47 Å². The number of halogens is 2. The van der Waals surface area contributed by atoms with Crippen LogP contribution in [0.2, 0.25) is 0 Å². The van der Waals surface area contributed by atoms with Gasteiger partial charge >= 0.3 is 6.61 Å². The molecule has 1 rings (SSSR count). The smallest absolute Gasteiger partial charge is 0.387 e. The molecule has 80 valence electrons.